The van der Waals surface area contributed by atoms with Gasteiger partial charge in [0, 0.05) is 54.7 Å². The van der Waals surface area contributed by atoms with Gasteiger partial charge in [0.2, 0.25) is 0 Å². The van der Waals surface area contributed by atoms with Crippen molar-refractivity contribution in [2.24, 2.45) is 11.5 Å². The third kappa shape index (κ3) is 7.91. The molecule has 0 aliphatic rings. The molecule has 7 N–H and O–H groups in total. The Bertz CT molecular complexity index is 1280. The van der Waals surface area contributed by atoms with E-state index in [1.54, 1.807) is 12.1 Å². The summed E-state index contributed by atoms with van der Waals surface area (Å²) in [4.78, 5) is 14.3. The van der Waals surface area contributed by atoms with E-state index in [0.29, 0.717) is 61.6 Å². The molecule has 9 nitrogen and oxygen atoms in total. The van der Waals surface area contributed by atoms with E-state index in [1.807, 2.05) is 54.6 Å². The van der Waals surface area contributed by atoms with E-state index in [-0.39, 0.29) is 5.75 Å². The molecule has 210 valence electrons. The maximum atomic E-state index is 10.9. The first-order chi connectivity index (χ1) is 19.6. The smallest absolute Gasteiger partial charge is 0.167 e. The quantitative estimate of drug-likeness (QED) is 0.127. The predicted molar refractivity (Wildman–Crippen MR) is 163 cm³/mol. The summed E-state index contributed by atoms with van der Waals surface area (Å²) in [7, 11) is 0. The number of phenolic OH excluding ortho intramolecular Hbond substituents is 1. The van der Waals surface area contributed by atoms with E-state index < -0.39 is 0 Å². The molecular weight excluding hydrogens is 502 g/mol. The highest BCUT2D eigenvalue weighted by Crippen LogP contribution is 2.33. The molecule has 9 heteroatoms. The van der Waals surface area contributed by atoms with E-state index in [1.165, 1.54) is 12.8 Å². The number of ether oxygens (including phenoxy) is 1. The van der Waals surface area contributed by atoms with Gasteiger partial charge in [0.15, 0.2) is 17.5 Å². The topological polar surface area (TPSA) is 144 Å². The Morgan fingerprint density at radius 1 is 0.700 bits per heavy atom. The lowest BCUT2D eigenvalue weighted by Crippen LogP contribution is -2.12. The summed E-state index contributed by atoms with van der Waals surface area (Å²) in [6.45, 7) is 5.27. The standard InChI is InChI=1S/C31H39N7O2/c1-2-3-4-5-20-40-26-14-15-27(28(39)21-26)31-37-29(22-6-10-24(11-7-22)34-18-16-32)36-30(38-31)23-8-12-25(13-9-23)35-19-17-33/h6-15,21,34-35,39H,2-5,16-20,32-33H2,1H3. The number of nitrogens with zero attached hydrogens (tertiary/aromatic N) is 3. The monoisotopic (exact) mass is 541 g/mol. The normalized spacial score (nSPS) is 10.9. The lowest BCUT2D eigenvalue weighted by molar-refractivity contribution is 0.303. The van der Waals surface area contributed by atoms with Crippen molar-refractivity contribution in [3.05, 3.63) is 66.7 Å². The number of rotatable bonds is 15. The first kappa shape index (κ1) is 28.8. The van der Waals surface area contributed by atoms with Crippen molar-refractivity contribution in [2.45, 2.75) is 32.6 Å². The maximum Gasteiger partial charge on any atom is 0.167 e. The first-order valence-corrected chi connectivity index (χ1v) is 13.9. The van der Waals surface area contributed by atoms with Gasteiger partial charge < -0.3 is 31.9 Å². The molecule has 0 radical (unpaired) electrons. The molecule has 0 amide bonds. The minimum absolute atomic E-state index is 0.0526. The van der Waals surface area contributed by atoms with E-state index in [2.05, 4.69) is 17.6 Å². The highest BCUT2D eigenvalue weighted by atomic mass is 16.5. The number of anilines is 2. The summed E-state index contributed by atoms with van der Waals surface area (Å²) in [6, 6.07) is 20.9. The number of hydrogen-bond acceptors (Lipinski definition) is 9. The van der Waals surface area contributed by atoms with Crippen LogP contribution in [0, 0.1) is 0 Å². The SMILES string of the molecule is CCCCCCOc1ccc(-c2nc(-c3ccc(NCCN)cc3)nc(-c3ccc(NCCN)cc3)n2)c(O)c1. The summed E-state index contributed by atoms with van der Waals surface area (Å²) < 4.78 is 5.85. The van der Waals surface area contributed by atoms with Crippen LogP contribution in [0.1, 0.15) is 32.6 Å². The zero-order chi connectivity index (χ0) is 28.2. The number of phenols is 1. The molecule has 0 aliphatic carbocycles. The van der Waals surface area contributed by atoms with Crippen LogP contribution in [-0.2, 0) is 0 Å². The zero-order valence-corrected chi connectivity index (χ0v) is 23.1. The van der Waals surface area contributed by atoms with E-state index >= 15 is 0 Å². The van der Waals surface area contributed by atoms with E-state index in [9.17, 15) is 5.11 Å². The van der Waals surface area contributed by atoms with Crippen LogP contribution in [0.15, 0.2) is 66.7 Å². The summed E-state index contributed by atoms with van der Waals surface area (Å²) in [5, 5.41) is 17.5. The molecule has 4 rings (SSSR count). The van der Waals surface area contributed by atoms with Gasteiger partial charge in [0.05, 0.1) is 12.2 Å². The number of unbranched alkanes of at least 4 members (excludes halogenated alkanes) is 3. The molecule has 1 aromatic heterocycles. The number of nitrogens with one attached hydrogen (secondary N) is 2. The van der Waals surface area contributed by atoms with Gasteiger partial charge in [-0.25, -0.2) is 15.0 Å². The van der Waals surface area contributed by atoms with Gasteiger partial charge in [-0.2, -0.15) is 0 Å². The number of nitrogens with two attached hydrogens (primary N) is 2. The third-order valence-corrected chi connectivity index (χ3v) is 6.35. The van der Waals surface area contributed by atoms with Crippen LogP contribution in [0.5, 0.6) is 11.5 Å². The average molecular weight is 542 g/mol. The molecule has 0 unspecified atom stereocenters. The molecular formula is C31H39N7O2. The number of hydrogen-bond donors (Lipinski definition) is 5. The minimum atomic E-state index is 0.0526. The molecule has 3 aromatic carbocycles. The maximum absolute atomic E-state index is 10.9. The Morgan fingerprint density at radius 3 is 1.75 bits per heavy atom. The summed E-state index contributed by atoms with van der Waals surface area (Å²) in [5.74, 6) is 2.06. The highest BCUT2D eigenvalue weighted by Gasteiger charge is 2.15. The minimum Gasteiger partial charge on any atom is -0.507 e. The molecule has 40 heavy (non-hydrogen) atoms. The Balaban J connectivity index is 1.66. The molecule has 1 heterocycles. The van der Waals surface area contributed by atoms with Crippen LogP contribution in [0.2, 0.25) is 0 Å². The molecule has 0 fully saturated rings. The highest BCUT2D eigenvalue weighted by molar-refractivity contribution is 5.71. The number of aromatic hydroxyl groups is 1. The van der Waals surface area contributed by atoms with Gasteiger partial charge in [-0.05, 0) is 67.1 Å². The molecule has 0 aliphatic heterocycles. The van der Waals surface area contributed by atoms with Crippen LogP contribution in [-0.4, -0.2) is 52.8 Å². The Morgan fingerprint density at radius 2 is 1.25 bits per heavy atom. The lowest BCUT2D eigenvalue weighted by Gasteiger charge is -2.12. The van der Waals surface area contributed by atoms with Crippen molar-refractivity contribution < 1.29 is 9.84 Å². The molecule has 0 saturated carbocycles. The van der Waals surface area contributed by atoms with Crippen molar-refractivity contribution in [2.75, 3.05) is 43.4 Å². The predicted octanol–water partition coefficient (Wildman–Crippen LogP) is 5.28. The van der Waals surface area contributed by atoms with Gasteiger partial charge in [-0.15, -0.1) is 0 Å². The molecule has 4 aromatic rings. The van der Waals surface area contributed by atoms with Gasteiger partial charge >= 0.3 is 0 Å². The fourth-order valence-corrected chi connectivity index (χ4v) is 4.17. The van der Waals surface area contributed by atoms with Crippen LogP contribution < -0.4 is 26.8 Å². The van der Waals surface area contributed by atoms with Gasteiger partial charge in [-0.3, -0.25) is 0 Å². The second kappa shape index (κ2) is 14.8. The van der Waals surface area contributed by atoms with Crippen LogP contribution in [0.4, 0.5) is 11.4 Å². The molecule has 0 spiro atoms. The fraction of sp³-hybridized carbons (Fsp3) is 0.323. The Labute approximate surface area is 236 Å². The Hall–Kier alpha value is -4.21. The second-order valence-electron chi connectivity index (χ2n) is 9.48. The van der Waals surface area contributed by atoms with Crippen molar-refractivity contribution >= 4 is 11.4 Å². The number of aromatic nitrogens is 3. The molecule has 0 atom stereocenters. The average Bonchev–Trinajstić information content (AvgIpc) is 2.99. The lowest BCUT2D eigenvalue weighted by atomic mass is 10.1. The van der Waals surface area contributed by atoms with Crippen LogP contribution in [0.25, 0.3) is 34.2 Å². The molecule has 0 saturated heterocycles. The Kier molecular flexibility index (Phi) is 10.7. The third-order valence-electron chi connectivity index (χ3n) is 6.35. The second-order valence-corrected chi connectivity index (χ2v) is 9.48. The van der Waals surface area contributed by atoms with Crippen molar-refractivity contribution in [1.29, 1.82) is 0 Å². The summed E-state index contributed by atoms with van der Waals surface area (Å²) in [5.41, 5.74) is 15.3. The summed E-state index contributed by atoms with van der Waals surface area (Å²) in [6.07, 6.45) is 4.48. The molecule has 0 bridgehead atoms. The van der Waals surface area contributed by atoms with Gasteiger partial charge in [-0.1, -0.05) is 26.2 Å². The van der Waals surface area contributed by atoms with Gasteiger partial charge in [0.1, 0.15) is 11.5 Å². The zero-order valence-electron chi connectivity index (χ0n) is 23.1. The van der Waals surface area contributed by atoms with Crippen LogP contribution in [0.3, 0.4) is 0 Å². The van der Waals surface area contributed by atoms with Crippen LogP contribution >= 0.6 is 0 Å². The van der Waals surface area contributed by atoms with Gasteiger partial charge in [0.25, 0.3) is 0 Å². The number of benzene rings is 3. The van der Waals surface area contributed by atoms with E-state index in [0.717, 1.165) is 35.3 Å². The van der Waals surface area contributed by atoms with Crippen molar-refractivity contribution in [1.82, 2.24) is 15.0 Å². The fourth-order valence-electron chi connectivity index (χ4n) is 4.17. The largest absolute Gasteiger partial charge is 0.507 e. The van der Waals surface area contributed by atoms with Crippen molar-refractivity contribution in [3.63, 3.8) is 0 Å². The first-order valence-electron chi connectivity index (χ1n) is 13.9. The summed E-state index contributed by atoms with van der Waals surface area (Å²) >= 11 is 0. The van der Waals surface area contributed by atoms with Crippen molar-refractivity contribution in [3.8, 4) is 45.7 Å². The van der Waals surface area contributed by atoms with E-state index in [4.69, 9.17) is 31.2 Å².